The molecule has 4 heteroatoms. The summed E-state index contributed by atoms with van der Waals surface area (Å²) in [5.41, 5.74) is 20.1. The summed E-state index contributed by atoms with van der Waals surface area (Å²) in [7, 11) is 0. The van der Waals surface area contributed by atoms with Gasteiger partial charge in [-0.25, -0.2) is 0 Å². The zero-order valence-corrected chi connectivity index (χ0v) is 35.8. The van der Waals surface area contributed by atoms with Crippen molar-refractivity contribution in [2.45, 2.75) is 6.42 Å². The monoisotopic (exact) mass is 838 g/mol. The van der Waals surface area contributed by atoms with E-state index in [2.05, 4.69) is 225 Å². The van der Waals surface area contributed by atoms with Gasteiger partial charge in [0.2, 0.25) is 0 Å². The van der Waals surface area contributed by atoms with Crippen molar-refractivity contribution in [3.8, 4) is 27.9 Å². The first-order chi connectivity index (χ1) is 32.8. The number of anilines is 2. The molecular weight excluding hydrogens is 801 g/mol. The molecule has 0 saturated carbocycles. The largest absolute Gasteiger partial charge is 0.339 e. The van der Waals surface area contributed by atoms with E-state index < -0.39 is 0 Å². The quantitative estimate of drug-likeness (QED) is 0.173. The Labute approximate surface area is 378 Å². The van der Waals surface area contributed by atoms with Crippen molar-refractivity contribution in [1.82, 2.24) is 13.4 Å². The van der Waals surface area contributed by atoms with Crippen LogP contribution in [0.4, 0.5) is 11.4 Å². The van der Waals surface area contributed by atoms with Gasteiger partial charge in [0.1, 0.15) is 0 Å². The van der Waals surface area contributed by atoms with Crippen LogP contribution in [0.1, 0.15) is 5.56 Å². The maximum atomic E-state index is 2.70. The minimum atomic E-state index is 0.948. The summed E-state index contributed by atoms with van der Waals surface area (Å²) in [6.07, 6.45) is 1.01. The van der Waals surface area contributed by atoms with Gasteiger partial charge in [0.25, 0.3) is 0 Å². The van der Waals surface area contributed by atoms with Crippen LogP contribution in [0.3, 0.4) is 0 Å². The molecule has 16 rings (SSSR count). The van der Waals surface area contributed by atoms with Crippen LogP contribution in [0.5, 0.6) is 0 Å². The average Bonchev–Trinajstić information content (AvgIpc) is 4.24. The molecule has 66 heavy (non-hydrogen) atoms. The Morgan fingerprint density at radius 2 is 0.758 bits per heavy atom. The van der Waals surface area contributed by atoms with Crippen LogP contribution in [0.2, 0.25) is 0 Å². The van der Waals surface area contributed by atoms with Gasteiger partial charge in [0, 0.05) is 82.9 Å². The van der Waals surface area contributed by atoms with Crippen molar-refractivity contribution in [3.63, 3.8) is 0 Å². The number of aromatic nitrogens is 3. The highest BCUT2D eigenvalue weighted by atomic mass is 15.2. The molecule has 0 N–H and O–H groups in total. The van der Waals surface area contributed by atoms with Crippen LogP contribution < -0.4 is 4.90 Å². The van der Waals surface area contributed by atoms with Gasteiger partial charge >= 0.3 is 0 Å². The molecule has 6 heterocycles. The Hall–Kier alpha value is -8.60. The summed E-state index contributed by atoms with van der Waals surface area (Å²) in [5, 5.41) is 12.8. The van der Waals surface area contributed by atoms with Crippen LogP contribution in [-0.4, -0.2) is 19.9 Å². The van der Waals surface area contributed by atoms with Gasteiger partial charge in [-0.1, -0.05) is 176 Å². The Balaban J connectivity index is 1.22. The molecule has 0 radical (unpaired) electrons. The molecule has 5 aromatic heterocycles. The Morgan fingerprint density at radius 3 is 1.38 bits per heavy atom. The smallest absolute Gasteiger partial charge is 0.0789 e. The fourth-order valence-electron chi connectivity index (χ4n) is 12.7. The summed E-state index contributed by atoms with van der Waals surface area (Å²) >= 11 is 0. The molecule has 4 nitrogen and oxygen atoms in total. The molecule has 0 unspecified atom stereocenters. The summed E-state index contributed by atoms with van der Waals surface area (Å²) in [6.45, 7) is 0.948. The van der Waals surface area contributed by atoms with Crippen LogP contribution in [0.25, 0.3) is 126 Å². The van der Waals surface area contributed by atoms with E-state index in [9.17, 15) is 0 Å². The molecule has 1 aliphatic rings. The topological polar surface area (TPSA) is 17.0 Å². The molecule has 0 bridgehead atoms. The lowest BCUT2D eigenvalue weighted by Gasteiger charge is -2.21. The van der Waals surface area contributed by atoms with Crippen molar-refractivity contribution in [3.05, 3.63) is 212 Å². The SMILES string of the molecule is c1ccc(-c2c3c4cccc5c6ccc7c8ccccc8n(-c8ccccc8)c7c6n(c3c(-c3ccccc3)c3c6cccc7c8ccc9c(c8n(c23)c76)N(c2ccccc2)CC9)c54)cc1. The zero-order chi connectivity index (χ0) is 42.8. The van der Waals surface area contributed by atoms with E-state index in [1.54, 1.807) is 0 Å². The fourth-order valence-corrected chi connectivity index (χ4v) is 12.7. The Bertz CT molecular complexity index is 4480. The van der Waals surface area contributed by atoms with E-state index in [1.165, 1.54) is 137 Å². The lowest BCUT2D eigenvalue weighted by atomic mass is 9.89. The van der Waals surface area contributed by atoms with Gasteiger partial charge < -0.3 is 18.3 Å². The average molecular weight is 839 g/mol. The first-order valence-electron chi connectivity index (χ1n) is 23.2. The lowest BCUT2D eigenvalue weighted by molar-refractivity contribution is 0.999. The summed E-state index contributed by atoms with van der Waals surface area (Å²) < 4.78 is 7.89. The summed E-state index contributed by atoms with van der Waals surface area (Å²) in [4.78, 5) is 2.57. The predicted molar refractivity (Wildman–Crippen MR) is 278 cm³/mol. The second kappa shape index (κ2) is 12.6. The van der Waals surface area contributed by atoms with E-state index in [-0.39, 0.29) is 0 Å². The van der Waals surface area contributed by atoms with Crippen molar-refractivity contribution >= 4 is 109 Å². The van der Waals surface area contributed by atoms with Crippen LogP contribution >= 0.6 is 0 Å². The van der Waals surface area contributed by atoms with Crippen molar-refractivity contribution < 1.29 is 0 Å². The van der Waals surface area contributed by atoms with Gasteiger partial charge in [0.15, 0.2) is 0 Å². The third-order valence-electron chi connectivity index (χ3n) is 15.1. The molecule has 0 atom stereocenters. The third kappa shape index (κ3) is 4.21. The number of benzene rings is 10. The molecule has 0 amide bonds. The molecule has 306 valence electrons. The van der Waals surface area contributed by atoms with Crippen LogP contribution in [0.15, 0.2) is 206 Å². The fraction of sp³-hybridized carbons (Fsp3) is 0.0323. The molecule has 0 saturated heterocycles. The van der Waals surface area contributed by atoms with Crippen molar-refractivity contribution in [2.75, 3.05) is 11.4 Å². The van der Waals surface area contributed by atoms with Gasteiger partial charge in [-0.15, -0.1) is 0 Å². The first-order valence-corrected chi connectivity index (χ1v) is 23.2. The van der Waals surface area contributed by atoms with E-state index in [1.807, 2.05) is 0 Å². The van der Waals surface area contributed by atoms with Crippen molar-refractivity contribution in [2.24, 2.45) is 0 Å². The minimum Gasteiger partial charge on any atom is -0.339 e. The van der Waals surface area contributed by atoms with Gasteiger partial charge in [-0.05, 0) is 53.4 Å². The maximum Gasteiger partial charge on any atom is 0.0789 e. The molecule has 1 aliphatic heterocycles. The maximum absolute atomic E-state index is 2.70. The number of nitrogens with zero attached hydrogens (tertiary/aromatic N) is 4. The van der Waals surface area contributed by atoms with E-state index in [0.717, 1.165) is 18.7 Å². The molecule has 10 aromatic carbocycles. The highest BCUT2D eigenvalue weighted by Gasteiger charge is 2.34. The molecule has 15 aromatic rings. The van der Waals surface area contributed by atoms with Crippen LogP contribution in [0, 0.1) is 0 Å². The molecule has 0 spiro atoms. The van der Waals surface area contributed by atoms with Gasteiger partial charge in [-0.2, -0.15) is 0 Å². The summed E-state index contributed by atoms with van der Waals surface area (Å²) in [6, 6.07) is 77.0. The highest BCUT2D eigenvalue weighted by molar-refractivity contribution is 6.39. The molecular formula is C62H38N4. The number of fused-ring (bicyclic) bond motifs is 18. The predicted octanol–water partition coefficient (Wildman–Crippen LogP) is 16.1. The van der Waals surface area contributed by atoms with Gasteiger partial charge in [-0.3, -0.25) is 0 Å². The van der Waals surface area contributed by atoms with E-state index >= 15 is 0 Å². The normalized spacial score (nSPS) is 13.3. The van der Waals surface area contributed by atoms with Crippen LogP contribution in [-0.2, 0) is 6.42 Å². The number of para-hydroxylation sites is 5. The second-order valence-electron chi connectivity index (χ2n) is 18.3. The number of hydrogen-bond donors (Lipinski definition) is 0. The Morgan fingerprint density at radius 1 is 0.303 bits per heavy atom. The minimum absolute atomic E-state index is 0.948. The van der Waals surface area contributed by atoms with E-state index in [4.69, 9.17) is 0 Å². The lowest BCUT2D eigenvalue weighted by Crippen LogP contribution is -2.13. The molecule has 0 aliphatic carbocycles. The molecule has 0 fully saturated rings. The van der Waals surface area contributed by atoms with Crippen molar-refractivity contribution in [1.29, 1.82) is 0 Å². The summed E-state index contributed by atoms with van der Waals surface area (Å²) in [5.74, 6) is 0. The third-order valence-corrected chi connectivity index (χ3v) is 15.1. The highest BCUT2D eigenvalue weighted by Crippen LogP contribution is 2.56. The number of rotatable bonds is 4. The van der Waals surface area contributed by atoms with Gasteiger partial charge in [0.05, 0.1) is 49.8 Å². The zero-order valence-electron chi connectivity index (χ0n) is 35.8. The van der Waals surface area contributed by atoms with E-state index in [0.29, 0.717) is 0 Å². The second-order valence-corrected chi connectivity index (χ2v) is 18.3. The first kappa shape index (κ1) is 34.8. The Kier molecular flexibility index (Phi) is 6.63. The standard InChI is InChI=1S/C62H38N4/c1-5-17-37(18-6-1)51-54-49-29-16-27-44-47-34-33-45-42-25-13-14-30-50(42)64(41-23-11-4-12-24-41)59(45)60(47)66(57(44)49)62(54)52(38-19-7-2-8-20-38)53-48-28-15-26-43-46-32-31-39-35-36-63(40-21-9-3-10-22-40)55(39)58(46)65(56(43)48)61(51)53/h1-34H,35-36H2. The number of hydrogen-bond acceptors (Lipinski definition) is 1.